The lowest BCUT2D eigenvalue weighted by atomic mass is 10.1. The van der Waals surface area contributed by atoms with Crippen LogP contribution < -0.4 is 15.8 Å². The third-order valence-electron chi connectivity index (χ3n) is 3.45. The highest BCUT2D eigenvalue weighted by molar-refractivity contribution is 5.54. The molecule has 3 nitrogen and oxygen atoms in total. The first-order chi connectivity index (χ1) is 10.7. The summed E-state index contributed by atoms with van der Waals surface area (Å²) >= 11 is 0. The van der Waals surface area contributed by atoms with E-state index in [1.165, 1.54) is 17.7 Å². The monoisotopic (exact) mass is 302 g/mol. The Balaban J connectivity index is 1.87. The number of anilines is 1. The van der Waals surface area contributed by atoms with E-state index in [2.05, 4.69) is 12.2 Å². The van der Waals surface area contributed by atoms with Crippen molar-refractivity contribution in [3.63, 3.8) is 0 Å². The van der Waals surface area contributed by atoms with Gasteiger partial charge in [-0.2, -0.15) is 0 Å². The van der Waals surface area contributed by atoms with Gasteiger partial charge in [0.25, 0.3) is 0 Å². The Morgan fingerprint density at radius 1 is 1.09 bits per heavy atom. The van der Waals surface area contributed by atoms with E-state index in [1.54, 1.807) is 12.1 Å². The molecule has 0 saturated heterocycles. The zero-order valence-corrected chi connectivity index (χ0v) is 12.9. The maximum Gasteiger partial charge on any atom is 0.142 e. The minimum absolute atomic E-state index is 0.245. The summed E-state index contributed by atoms with van der Waals surface area (Å²) in [6.45, 7) is 4.49. The van der Waals surface area contributed by atoms with Crippen molar-refractivity contribution in [1.29, 1.82) is 0 Å². The van der Waals surface area contributed by atoms with Gasteiger partial charge >= 0.3 is 0 Å². The highest BCUT2D eigenvalue weighted by Crippen LogP contribution is 2.24. The van der Waals surface area contributed by atoms with Crippen molar-refractivity contribution in [2.45, 2.75) is 26.4 Å². The maximum absolute atomic E-state index is 12.8. The molecule has 22 heavy (non-hydrogen) atoms. The van der Waals surface area contributed by atoms with Crippen molar-refractivity contribution in [1.82, 2.24) is 5.32 Å². The van der Waals surface area contributed by atoms with E-state index < -0.39 is 0 Å². The standard InChI is InChI=1S/C18H23FN2O/c1-2-21-11-3-4-14-7-10-18(17(20)12-14)22-13-15-5-8-16(19)9-6-15/h5-10,12,21H,2-4,11,13,20H2,1H3. The summed E-state index contributed by atoms with van der Waals surface area (Å²) in [6.07, 6.45) is 2.08. The number of aryl methyl sites for hydroxylation is 1. The topological polar surface area (TPSA) is 47.3 Å². The van der Waals surface area contributed by atoms with E-state index >= 15 is 0 Å². The molecule has 0 radical (unpaired) electrons. The molecule has 0 spiro atoms. The van der Waals surface area contributed by atoms with Gasteiger partial charge in [-0.15, -0.1) is 0 Å². The Labute approximate surface area is 131 Å². The molecular weight excluding hydrogens is 279 g/mol. The zero-order valence-electron chi connectivity index (χ0n) is 12.9. The molecule has 0 aliphatic rings. The molecule has 0 heterocycles. The molecule has 0 atom stereocenters. The molecule has 118 valence electrons. The van der Waals surface area contributed by atoms with Gasteiger partial charge in [-0.25, -0.2) is 4.39 Å². The molecule has 4 heteroatoms. The summed E-state index contributed by atoms with van der Waals surface area (Å²) < 4.78 is 18.5. The number of hydrogen-bond acceptors (Lipinski definition) is 3. The summed E-state index contributed by atoms with van der Waals surface area (Å²) in [7, 11) is 0. The predicted molar refractivity (Wildman–Crippen MR) is 88.5 cm³/mol. The molecule has 2 rings (SSSR count). The van der Waals surface area contributed by atoms with Crippen molar-refractivity contribution in [2.75, 3.05) is 18.8 Å². The van der Waals surface area contributed by atoms with Crippen molar-refractivity contribution in [3.8, 4) is 5.75 Å². The van der Waals surface area contributed by atoms with E-state index in [-0.39, 0.29) is 5.82 Å². The number of hydrogen-bond donors (Lipinski definition) is 2. The Morgan fingerprint density at radius 2 is 1.82 bits per heavy atom. The van der Waals surface area contributed by atoms with Gasteiger partial charge in [-0.05, 0) is 61.3 Å². The van der Waals surface area contributed by atoms with Gasteiger partial charge < -0.3 is 15.8 Å². The first-order valence-electron chi connectivity index (χ1n) is 7.65. The third-order valence-corrected chi connectivity index (χ3v) is 3.45. The van der Waals surface area contributed by atoms with E-state index in [0.717, 1.165) is 31.5 Å². The highest BCUT2D eigenvalue weighted by atomic mass is 19.1. The molecule has 0 fully saturated rings. The van der Waals surface area contributed by atoms with Crippen LogP contribution >= 0.6 is 0 Å². The SMILES string of the molecule is CCNCCCc1ccc(OCc2ccc(F)cc2)c(N)c1. The molecule has 0 saturated carbocycles. The number of halogens is 1. The van der Waals surface area contributed by atoms with Gasteiger partial charge in [-0.3, -0.25) is 0 Å². The fourth-order valence-corrected chi connectivity index (χ4v) is 2.22. The summed E-state index contributed by atoms with van der Waals surface area (Å²) in [4.78, 5) is 0. The van der Waals surface area contributed by atoms with Gasteiger partial charge in [0, 0.05) is 0 Å². The minimum atomic E-state index is -0.245. The number of ether oxygens (including phenoxy) is 1. The number of nitrogens with one attached hydrogen (secondary N) is 1. The average Bonchev–Trinajstić information content (AvgIpc) is 2.52. The molecule has 0 aliphatic carbocycles. The molecule has 0 bridgehead atoms. The van der Waals surface area contributed by atoms with Crippen molar-refractivity contribution in [3.05, 3.63) is 59.4 Å². The maximum atomic E-state index is 12.8. The van der Waals surface area contributed by atoms with Gasteiger partial charge in [0.2, 0.25) is 0 Å². The van der Waals surface area contributed by atoms with Crippen LogP contribution in [0.15, 0.2) is 42.5 Å². The fourth-order valence-electron chi connectivity index (χ4n) is 2.22. The third kappa shape index (κ3) is 5.04. The van der Waals surface area contributed by atoms with Crippen LogP contribution in [0, 0.1) is 5.82 Å². The van der Waals surface area contributed by atoms with Crippen LogP contribution in [0.5, 0.6) is 5.75 Å². The first kappa shape index (κ1) is 16.3. The molecule has 0 aliphatic heterocycles. The van der Waals surface area contributed by atoms with Crippen LogP contribution in [0.2, 0.25) is 0 Å². The lowest BCUT2D eigenvalue weighted by molar-refractivity contribution is 0.307. The lowest BCUT2D eigenvalue weighted by Crippen LogP contribution is -2.14. The Hall–Kier alpha value is -2.07. The number of rotatable bonds is 8. The Kier molecular flexibility index (Phi) is 6.22. The quantitative estimate of drug-likeness (QED) is 0.579. The Bertz CT molecular complexity index is 584. The second-order valence-electron chi connectivity index (χ2n) is 5.24. The summed E-state index contributed by atoms with van der Waals surface area (Å²) in [6, 6.07) is 12.2. The summed E-state index contributed by atoms with van der Waals surface area (Å²) in [5.41, 5.74) is 8.81. The van der Waals surface area contributed by atoms with Crippen molar-refractivity contribution in [2.24, 2.45) is 0 Å². The molecular formula is C18H23FN2O. The first-order valence-corrected chi connectivity index (χ1v) is 7.65. The van der Waals surface area contributed by atoms with E-state index in [4.69, 9.17) is 10.5 Å². The molecule has 0 amide bonds. The van der Waals surface area contributed by atoms with E-state index in [1.807, 2.05) is 18.2 Å². The van der Waals surface area contributed by atoms with Gasteiger partial charge in [0.15, 0.2) is 0 Å². The summed E-state index contributed by atoms with van der Waals surface area (Å²) in [5.74, 6) is 0.421. The van der Waals surface area contributed by atoms with Crippen LogP contribution in [-0.2, 0) is 13.0 Å². The highest BCUT2D eigenvalue weighted by Gasteiger charge is 2.03. The molecule has 2 aromatic rings. The molecule has 0 unspecified atom stereocenters. The number of benzene rings is 2. The van der Waals surface area contributed by atoms with Crippen molar-refractivity contribution < 1.29 is 9.13 Å². The number of nitrogen functional groups attached to an aromatic ring is 1. The second kappa shape index (κ2) is 8.39. The number of nitrogens with two attached hydrogens (primary N) is 1. The molecule has 2 aromatic carbocycles. The minimum Gasteiger partial charge on any atom is -0.487 e. The van der Waals surface area contributed by atoms with Gasteiger partial charge in [0.05, 0.1) is 5.69 Å². The molecule has 0 aromatic heterocycles. The van der Waals surface area contributed by atoms with Crippen LogP contribution in [-0.4, -0.2) is 13.1 Å². The van der Waals surface area contributed by atoms with Crippen molar-refractivity contribution >= 4 is 5.69 Å². The van der Waals surface area contributed by atoms with Crippen LogP contribution in [0.3, 0.4) is 0 Å². The average molecular weight is 302 g/mol. The van der Waals surface area contributed by atoms with Crippen LogP contribution in [0.1, 0.15) is 24.5 Å². The van der Waals surface area contributed by atoms with E-state index in [0.29, 0.717) is 18.0 Å². The Morgan fingerprint density at radius 3 is 2.50 bits per heavy atom. The van der Waals surface area contributed by atoms with Gasteiger partial charge in [0.1, 0.15) is 18.2 Å². The van der Waals surface area contributed by atoms with Crippen LogP contribution in [0.25, 0.3) is 0 Å². The largest absolute Gasteiger partial charge is 0.487 e. The zero-order chi connectivity index (χ0) is 15.8. The fraction of sp³-hybridized carbons (Fsp3) is 0.333. The van der Waals surface area contributed by atoms with E-state index in [9.17, 15) is 4.39 Å². The molecule has 3 N–H and O–H groups in total. The van der Waals surface area contributed by atoms with Gasteiger partial charge in [-0.1, -0.05) is 25.1 Å². The smallest absolute Gasteiger partial charge is 0.142 e. The predicted octanol–water partition coefficient (Wildman–Crippen LogP) is 3.53. The lowest BCUT2D eigenvalue weighted by Gasteiger charge is -2.11. The summed E-state index contributed by atoms with van der Waals surface area (Å²) in [5, 5.41) is 3.30. The normalized spacial score (nSPS) is 10.6. The second-order valence-corrected chi connectivity index (χ2v) is 5.24. The van der Waals surface area contributed by atoms with Crippen LogP contribution in [0.4, 0.5) is 10.1 Å².